The van der Waals surface area contributed by atoms with Crippen molar-refractivity contribution in [2.24, 2.45) is 33.3 Å². The van der Waals surface area contributed by atoms with Crippen molar-refractivity contribution in [2.75, 3.05) is 24.7 Å². The van der Waals surface area contributed by atoms with Crippen LogP contribution in [0.15, 0.2) is 34.5 Å². The molecule has 1 aromatic rings. The van der Waals surface area contributed by atoms with Crippen molar-refractivity contribution in [3.63, 3.8) is 0 Å². The molecule has 2 rings (SSSR count). The second-order valence-electron chi connectivity index (χ2n) is 5.40. The van der Waals surface area contributed by atoms with Gasteiger partial charge in [0.15, 0.2) is 0 Å². The standard InChI is InChI=1S/C15H23N5O2S.C2H6/c16-9-14(19-20-15(17)18)12-1-3-13(4-2-12)22-10-11-5-7-23(21)8-6-11;1-2/h1-4,11H,5-10,16H2,(H4,17,18,20);1-2H3/b19-14+;. The molecule has 0 atom stereocenters. The van der Waals surface area contributed by atoms with Crippen LogP contribution in [0, 0.1) is 5.92 Å². The van der Waals surface area contributed by atoms with E-state index < -0.39 is 10.8 Å². The van der Waals surface area contributed by atoms with E-state index in [4.69, 9.17) is 21.9 Å². The molecule has 0 amide bonds. The maximum atomic E-state index is 11.3. The summed E-state index contributed by atoms with van der Waals surface area (Å²) in [5, 5.41) is 7.55. The van der Waals surface area contributed by atoms with Crippen molar-refractivity contribution in [3.05, 3.63) is 29.8 Å². The van der Waals surface area contributed by atoms with E-state index in [1.165, 1.54) is 0 Å². The molecule has 1 aliphatic heterocycles. The lowest BCUT2D eigenvalue weighted by molar-refractivity contribution is 0.239. The van der Waals surface area contributed by atoms with Crippen LogP contribution >= 0.6 is 0 Å². The average Bonchev–Trinajstić information content (AvgIpc) is 2.64. The van der Waals surface area contributed by atoms with E-state index in [9.17, 15) is 4.21 Å². The lowest BCUT2D eigenvalue weighted by atomic mass is 10.0. The van der Waals surface area contributed by atoms with Crippen molar-refractivity contribution in [2.45, 2.75) is 26.7 Å². The molecule has 1 heterocycles. The molecule has 1 aromatic carbocycles. The Hall–Kier alpha value is -1.93. The average molecular weight is 368 g/mol. The number of hydrogen-bond acceptors (Lipinski definition) is 5. The molecule has 0 aliphatic carbocycles. The van der Waals surface area contributed by atoms with Gasteiger partial charge in [0, 0.05) is 28.9 Å². The molecular formula is C17H29N5O2S. The van der Waals surface area contributed by atoms with Gasteiger partial charge in [0.05, 0.1) is 12.3 Å². The van der Waals surface area contributed by atoms with Crippen LogP contribution in [0.1, 0.15) is 32.3 Å². The Morgan fingerprint density at radius 1 is 1.16 bits per heavy atom. The summed E-state index contributed by atoms with van der Waals surface area (Å²) in [6.07, 6.45) is 1.93. The van der Waals surface area contributed by atoms with Crippen LogP contribution in [0.4, 0.5) is 0 Å². The SMILES string of the molecule is CC.NC/C(=N\N=C(N)N)c1ccc(OCC2CCS(=O)CC2)cc1. The number of ether oxygens (including phenoxy) is 1. The zero-order chi connectivity index (χ0) is 18.7. The van der Waals surface area contributed by atoms with E-state index in [1.807, 2.05) is 38.1 Å². The number of benzene rings is 1. The summed E-state index contributed by atoms with van der Waals surface area (Å²) in [4.78, 5) is 0. The molecule has 7 nitrogen and oxygen atoms in total. The third-order valence-corrected chi connectivity index (χ3v) is 5.04. The summed E-state index contributed by atoms with van der Waals surface area (Å²) in [5.74, 6) is 2.74. The van der Waals surface area contributed by atoms with Crippen LogP contribution in [-0.4, -0.2) is 40.5 Å². The van der Waals surface area contributed by atoms with Gasteiger partial charge < -0.3 is 21.9 Å². The second-order valence-corrected chi connectivity index (χ2v) is 7.10. The minimum Gasteiger partial charge on any atom is -0.493 e. The number of nitrogens with zero attached hydrogens (tertiary/aromatic N) is 2. The summed E-state index contributed by atoms with van der Waals surface area (Å²) in [6, 6.07) is 7.49. The number of guanidine groups is 1. The largest absolute Gasteiger partial charge is 0.493 e. The first kappa shape index (κ1) is 21.1. The zero-order valence-corrected chi connectivity index (χ0v) is 15.8. The van der Waals surface area contributed by atoms with E-state index in [-0.39, 0.29) is 12.5 Å². The summed E-state index contributed by atoms with van der Waals surface area (Å²) in [6.45, 7) is 4.89. The van der Waals surface area contributed by atoms with E-state index >= 15 is 0 Å². The van der Waals surface area contributed by atoms with Crippen LogP contribution in [0.25, 0.3) is 0 Å². The van der Waals surface area contributed by atoms with Gasteiger partial charge in [-0.3, -0.25) is 4.21 Å². The van der Waals surface area contributed by atoms with Crippen LogP contribution in [0.5, 0.6) is 5.75 Å². The van der Waals surface area contributed by atoms with Crippen molar-refractivity contribution in [1.29, 1.82) is 0 Å². The number of rotatable bonds is 6. The summed E-state index contributed by atoms with van der Waals surface area (Å²) >= 11 is 0. The second kappa shape index (κ2) is 11.6. The van der Waals surface area contributed by atoms with Gasteiger partial charge in [-0.05, 0) is 48.6 Å². The van der Waals surface area contributed by atoms with Gasteiger partial charge in [-0.1, -0.05) is 13.8 Å². The Balaban J connectivity index is 0.00000151. The van der Waals surface area contributed by atoms with Crippen molar-refractivity contribution < 1.29 is 8.95 Å². The molecule has 1 aliphatic rings. The first-order chi connectivity index (χ1) is 12.1. The van der Waals surface area contributed by atoms with Gasteiger partial charge in [-0.25, -0.2) is 0 Å². The fourth-order valence-corrected chi connectivity index (χ4v) is 3.70. The van der Waals surface area contributed by atoms with Gasteiger partial charge in [-0.2, -0.15) is 5.10 Å². The summed E-state index contributed by atoms with van der Waals surface area (Å²) in [5.41, 5.74) is 17.6. The Bertz CT molecular complexity index is 588. The van der Waals surface area contributed by atoms with Crippen LogP contribution < -0.4 is 21.9 Å². The molecular weight excluding hydrogens is 338 g/mol. The Morgan fingerprint density at radius 2 is 1.76 bits per heavy atom. The quantitative estimate of drug-likeness (QED) is 0.395. The molecule has 0 spiro atoms. The molecule has 0 aromatic heterocycles. The number of hydrogen-bond donors (Lipinski definition) is 3. The Morgan fingerprint density at radius 3 is 2.28 bits per heavy atom. The maximum Gasteiger partial charge on any atom is 0.211 e. The Labute approximate surface area is 152 Å². The minimum atomic E-state index is -0.633. The highest BCUT2D eigenvalue weighted by Gasteiger charge is 2.18. The molecule has 25 heavy (non-hydrogen) atoms. The van der Waals surface area contributed by atoms with E-state index in [0.717, 1.165) is 35.7 Å². The Kier molecular flexibility index (Phi) is 9.79. The highest BCUT2D eigenvalue weighted by atomic mass is 32.2. The van der Waals surface area contributed by atoms with Crippen LogP contribution in [-0.2, 0) is 10.8 Å². The zero-order valence-electron chi connectivity index (χ0n) is 15.0. The smallest absolute Gasteiger partial charge is 0.211 e. The monoisotopic (exact) mass is 367 g/mol. The van der Waals surface area contributed by atoms with Gasteiger partial charge >= 0.3 is 0 Å². The highest BCUT2D eigenvalue weighted by molar-refractivity contribution is 7.85. The van der Waals surface area contributed by atoms with E-state index in [2.05, 4.69) is 10.2 Å². The predicted molar refractivity (Wildman–Crippen MR) is 105 cm³/mol. The molecule has 1 fully saturated rings. The molecule has 0 bridgehead atoms. The van der Waals surface area contributed by atoms with Gasteiger partial charge in [0.25, 0.3) is 0 Å². The number of nitrogens with two attached hydrogens (primary N) is 3. The van der Waals surface area contributed by atoms with E-state index in [1.54, 1.807) is 0 Å². The van der Waals surface area contributed by atoms with Crippen molar-refractivity contribution in [3.8, 4) is 5.75 Å². The molecule has 0 unspecified atom stereocenters. The third-order valence-electron chi connectivity index (χ3n) is 3.66. The van der Waals surface area contributed by atoms with Crippen LogP contribution in [0.2, 0.25) is 0 Å². The highest BCUT2D eigenvalue weighted by Crippen LogP contribution is 2.19. The predicted octanol–water partition coefficient (Wildman–Crippen LogP) is 1.19. The van der Waals surface area contributed by atoms with Gasteiger partial charge in [-0.15, -0.1) is 5.10 Å². The van der Waals surface area contributed by atoms with Gasteiger partial charge in [0.1, 0.15) is 5.75 Å². The van der Waals surface area contributed by atoms with E-state index in [0.29, 0.717) is 18.2 Å². The minimum absolute atomic E-state index is 0.107. The molecule has 6 N–H and O–H groups in total. The lowest BCUT2D eigenvalue weighted by Gasteiger charge is -2.21. The fraction of sp³-hybridized carbons (Fsp3) is 0.529. The first-order valence-corrected chi connectivity index (χ1v) is 10.0. The molecule has 140 valence electrons. The summed E-state index contributed by atoms with van der Waals surface area (Å²) in [7, 11) is -0.633. The van der Waals surface area contributed by atoms with Gasteiger partial charge in [0.2, 0.25) is 5.96 Å². The molecule has 8 heteroatoms. The normalized spacial score (nSPS) is 20.2. The molecule has 0 saturated carbocycles. The molecule has 0 radical (unpaired) electrons. The topological polar surface area (TPSA) is 129 Å². The fourth-order valence-electron chi connectivity index (χ4n) is 2.30. The molecule has 1 saturated heterocycles. The third kappa shape index (κ3) is 7.66. The first-order valence-electron chi connectivity index (χ1n) is 8.52. The van der Waals surface area contributed by atoms with Crippen molar-refractivity contribution in [1.82, 2.24) is 0 Å². The maximum absolute atomic E-state index is 11.3. The van der Waals surface area contributed by atoms with Crippen molar-refractivity contribution >= 4 is 22.5 Å². The van der Waals surface area contributed by atoms with Crippen LogP contribution in [0.3, 0.4) is 0 Å². The summed E-state index contributed by atoms with van der Waals surface area (Å²) < 4.78 is 17.1. The lowest BCUT2D eigenvalue weighted by Crippen LogP contribution is -2.23.